The Morgan fingerprint density at radius 1 is 0.781 bits per heavy atom. The van der Waals surface area contributed by atoms with Gasteiger partial charge in [-0.15, -0.1) is 0 Å². The molecule has 3 aromatic carbocycles. The van der Waals surface area contributed by atoms with Crippen LogP contribution < -0.4 is 0 Å². The Kier molecular flexibility index (Phi) is 7.99. The van der Waals surface area contributed by atoms with Gasteiger partial charge in [0.1, 0.15) is 0 Å². The SMILES string of the molecule is C/C=C/CCc1ccc(-c2ccc(C3CCC(C[C@@H](C)c4ccccc4)CC3)cc2)cc1. The zero-order valence-corrected chi connectivity index (χ0v) is 19.8. The molecule has 0 nitrogen and oxygen atoms in total. The third-order valence-electron chi connectivity index (χ3n) is 7.41. The Labute approximate surface area is 195 Å². The van der Waals surface area contributed by atoms with Crippen LogP contribution >= 0.6 is 0 Å². The highest BCUT2D eigenvalue weighted by Crippen LogP contribution is 2.40. The van der Waals surface area contributed by atoms with Gasteiger partial charge in [0.2, 0.25) is 0 Å². The van der Waals surface area contributed by atoms with Gasteiger partial charge in [-0.25, -0.2) is 0 Å². The second kappa shape index (κ2) is 11.3. The van der Waals surface area contributed by atoms with Crippen LogP contribution in [0, 0.1) is 5.92 Å². The van der Waals surface area contributed by atoms with Crippen molar-refractivity contribution in [3.8, 4) is 11.1 Å². The molecule has 166 valence electrons. The highest BCUT2D eigenvalue weighted by atomic mass is 14.3. The fourth-order valence-electron chi connectivity index (χ4n) is 5.38. The number of hydrogen-bond donors (Lipinski definition) is 0. The van der Waals surface area contributed by atoms with Crippen LogP contribution in [0.5, 0.6) is 0 Å². The normalized spacial score (nSPS) is 19.8. The first-order valence-electron chi connectivity index (χ1n) is 12.6. The average molecular weight is 423 g/mol. The Balaban J connectivity index is 1.29. The Morgan fingerprint density at radius 2 is 1.41 bits per heavy atom. The molecule has 0 heteroatoms. The lowest BCUT2D eigenvalue weighted by atomic mass is 9.75. The van der Waals surface area contributed by atoms with Crippen LogP contribution in [0.15, 0.2) is 91.0 Å². The molecule has 0 saturated heterocycles. The third-order valence-corrected chi connectivity index (χ3v) is 7.41. The Bertz CT molecular complexity index is 955. The molecule has 0 aliphatic heterocycles. The van der Waals surface area contributed by atoms with Gasteiger partial charge in [0.25, 0.3) is 0 Å². The molecule has 1 saturated carbocycles. The molecular formula is C32H38. The van der Waals surface area contributed by atoms with Gasteiger partial charge < -0.3 is 0 Å². The van der Waals surface area contributed by atoms with Crippen molar-refractivity contribution in [3.63, 3.8) is 0 Å². The van der Waals surface area contributed by atoms with E-state index in [1.807, 2.05) is 0 Å². The number of benzene rings is 3. The molecule has 0 radical (unpaired) electrons. The highest BCUT2D eigenvalue weighted by Gasteiger charge is 2.24. The van der Waals surface area contributed by atoms with E-state index in [-0.39, 0.29) is 0 Å². The van der Waals surface area contributed by atoms with Gasteiger partial charge in [-0.3, -0.25) is 0 Å². The van der Waals surface area contributed by atoms with Gasteiger partial charge in [0.15, 0.2) is 0 Å². The van der Waals surface area contributed by atoms with Crippen molar-refractivity contribution < 1.29 is 0 Å². The standard InChI is InChI=1S/C32H38/c1-3-4-6-9-26-12-16-29(17-13-26)31-20-22-32(23-21-31)30-18-14-27(15-19-30)24-25(2)28-10-7-5-8-11-28/h3-5,7-8,10-13,16-17,20-23,25,27,30H,6,9,14-15,18-19,24H2,1-2H3/b4-3+/t25-,27?,30?/m1/s1. The van der Waals surface area contributed by atoms with E-state index in [0.717, 1.165) is 24.7 Å². The van der Waals surface area contributed by atoms with Gasteiger partial charge in [-0.1, -0.05) is 97.9 Å². The van der Waals surface area contributed by atoms with Crippen LogP contribution in [-0.4, -0.2) is 0 Å². The number of hydrogen-bond acceptors (Lipinski definition) is 0. The summed E-state index contributed by atoms with van der Waals surface area (Å²) in [6.45, 7) is 4.49. The maximum atomic E-state index is 2.40. The molecule has 0 N–H and O–H groups in total. The summed E-state index contributed by atoms with van der Waals surface area (Å²) < 4.78 is 0. The van der Waals surface area contributed by atoms with E-state index in [1.165, 1.54) is 59.9 Å². The topological polar surface area (TPSA) is 0 Å². The first-order chi connectivity index (χ1) is 15.7. The van der Waals surface area contributed by atoms with Gasteiger partial charge in [-0.2, -0.15) is 0 Å². The predicted octanol–water partition coefficient (Wildman–Crippen LogP) is 9.33. The summed E-state index contributed by atoms with van der Waals surface area (Å²) in [5.41, 5.74) is 7.10. The molecule has 32 heavy (non-hydrogen) atoms. The zero-order valence-electron chi connectivity index (χ0n) is 19.8. The molecule has 0 bridgehead atoms. The fraction of sp³-hybridized carbons (Fsp3) is 0.375. The second-order valence-corrected chi connectivity index (χ2v) is 9.69. The van der Waals surface area contributed by atoms with E-state index in [9.17, 15) is 0 Å². The summed E-state index contributed by atoms with van der Waals surface area (Å²) in [5.74, 6) is 2.29. The summed E-state index contributed by atoms with van der Waals surface area (Å²) in [7, 11) is 0. The van der Waals surface area contributed by atoms with Crippen molar-refractivity contribution in [2.45, 2.75) is 70.6 Å². The molecule has 1 atom stereocenters. The second-order valence-electron chi connectivity index (χ2n) is 9.69. The van der Waals surface area contributed by atoms with Crippen molar-refractivity contribution in [1.29, 1.82) is 0 Å². The average Bonchev–Trinajstić information content (AvgIpc) is 2.86. The van der Waals surface area contributed by atoms with Gasteiger partial charge in [0.05, 0.1) is 0 Å². The summed E-state index contributed by atoms with van der Waals surface area (Å²) in [4.78, 5) is 0. The van der Waals surface area contributed by atoms with Crippen LogP contribution in [-0.2, 0) is 6.42 Å². The molecular weight excluding hydrogens is 384 g/mol. The molecule has 1 fully saturated rings. The molecule has 4 rings (SSSR count). The minimum atomic E-state index is 0.673. The summed E-state index contributed by atoms with van der Waals surface area (Å²) in [6.07, 6.45) is 13.4. The maximum absolute atomic E-state index is 2.40. The first-order valence-corrected chi connectivity index (χ1v) is 12.6. The third kappa shape index (κ3) is 6.00. The molecule has 3 aromatic rings. The molecule has 1 aliphatic carbocycles. The van der Waals surface area contributed by atoms with Gasteiger partial charge in [-0.05, 0) is 97.4 Å². The van der Waals surface area contributed by atoms with Crippen molar-refractivity contribution in [2.24, 2.45) is 5.92 Å². The first kappa shape index (κ1) is 22.6. The molecule has 0 amide bonds. The lowest BCUT2D eigenvalue weighted by Gasteiger charge is -2.30. The Hall–Kier alpha value is -2.60. The largest absolute Gasteiger partial charge is 0.0917 e. The van der Waals surface area contributed by atoms with Gasteiger partial charge in [0, 0.05) is 0 Å². The number of rotatable bonds is 8. The van der Waals surface area contributed by atoms with Crippen LogP contribution in [0.3, 0.4) is 0 Å². The minimum absolute atomic E-state index is 0.673. The van der Waals surface area contributed by atoms with Crippen molar-refractivity contribution in [2.75, 3.05) is 0 Å². The maximum Gasteiger partial charge on any atom is -0.0162 e. The van der Waals surface area contributed by atoms with E-state index < -0.39 is 0 Å². The van der Waals surface area contributed by atoms with Crippen LogP contribution in [0.1, 0.15) is 80.9 Å². The molecule has 1 aliphatic rings. The van der Waals surface area contributed by atoms with E-state index in [0.29, 0.717) is 5.92 Å². The monoisotopic (exact) mass is 422 g/mol. The molecule has 0 spiro atoms. The van der Waals surface area contributed by atoms with Gasteiger partial charge >= 0.3 is 0 Å². The van der Waals surface area contributed by atoms with Crippen LogP contribution in [0.2, 0.25) is 0 Å². The number of aryl methyl sites for hydroxylation is 1. The van der Waals surface area contributed by atoms with E-state index >= 15 is 0 Å². The lowest BCUT2D eigenvalue weighted by molar-refractivity contribution is 0.297. The molecule has 0 heterocycles. The van der Waals surface area contributed by atoms with Crippen LogP contribution in [0.4, 0.5) is 0 Å². The Morgan fingerprint density at radius 3 is 2.03 bits per heavy atom. The summed E-state index contributed by atoms with van der Waals surface area (Å²) >= 11 is 0. The minimum Gasteiger partial charge on any atom is -0.0917 e. The summed E-state index contributed by atoms with van der Waals surface area (Å²) in [5, 5.41) is 0. The van der Waals surface area contributed by atoms with E-state index in [4.69, 9.17) is 0 Å². The quantitative estimate of drug-likeness (QED) is 0.317. The van der Waals surface area contributed by atoms with Crippen LogP contribution in [0.25, 0.3) is 11.1 Å². The molecule has 0 aromatic heterocycles. The van der Waals surface area contributed by atoms with Crippen molar-refractivity contribution in [1.82, 2.24) is 0 Å². The molecule has 0 unspecified atom stereocenters. The highest BCUT2D eigenvalue weighted by molar-refractivity contribution is 5.64. The smallest absolute Gasteiger partial charge is 0.0162 e. The summed E-state index contributed by atoms with van der Waals surface area (Å²) in [6, 6.07) is 29.6. The fourth-order valence-corrected chi connectivity index (χ4v) is 5.38. The van der Waals surface area contributed by atoms with E-state index in [2.05, 4.69) is 105 Å². The number of allylic oxidation sites excluding steroid dienone is 2. The predicted molar refractivity (Wildman–Crippen MR) is 139 cm³/mol. The van der Waals surface area contributed by atoms with E-state index in [1.54, 1.807) is 0 Å². The van der Waals surface area contributed by atoms with Crippen molar-refractivity contribution >= 4 is 0 Å². The van der Waals surface area contributed by atoms with Crippen molar-refractivity contribution in [3.05, 3.63) is 108 Å². The zero-order chi connectivity index (χ0) is 22.2. The lowest BCUT2D eigenvalue weighted by Crippen LogP contribution is -2.15.